The van der Waals surface area contributed by atoms with Crippen molar-refractivity contribution in [2.24, 2.45) is 0 Å². The van der Waals surface area contributed by atoms with Gasteiger partial charge in [-0.2, -0.15) is 0 Å². The summed E-state index contributed by atoms with van der Waals surface area (Å²) in [6, 6.07) is 1.83. The Kier molecular flexibility index (Phi) is 2.22. The van der Waals surface area contributed by atoms with Gasteiger partial charge in [0.15, 0.2) is 12.1 Å². The van der Waals surface area contributed by atoms with Gasteiger partial charge < -0.3 is 0 Å². The van der Waals surface area contributed by atoms with E-state index in [2.05, 4.69) is 9.97 Å². The maximum Gasteiger partial charge on any atom is 0.192 e. The molecule has 1 heterocycles. The van der Waals surface area contributed by atoms with Gasteiger partial charge in [-0.3, -0.25) is 4.79 Å². The molecule has 0 N–H and O–H groups in total. The second-order valence-electron chi connectivity index (χ2n) is 3.67. The number of carbonyl (C=O) groups excluding carboxylic acids is 1. The van der Waals surface area contributed by atoms with E-state index < -0.39 is 0 Å². The van der Waals surface area contributed by atoms with Crippen molar-refractivity contribution in [2.45, 2.75) is 26.2 Å². The van der Waals surface area contributed by atoms with Crippen LogP contribution in [0.1, 0.15) is 37.1 Å². The lowest BCUT2D eigenvalue weighted by atomic mass is 9.92. The Morgan fingerprint density at radius 1 is 1.42 bits per heavy atom. The lowest BCUT2D eigenvalue weighted by molar-refractivity contribution is 0.111. The van der Waals surface area contributed by atoms with E-state index in [-0.39, 0.29) is 11.2 Å². The summed E-state index contributed by atoms with van der Waals surface area (Å²) in [5.74, 6) is 0.252. The van der Waals surface area contributed by atoms with Gasteiger partial charge in [-0.15, -0.1) is 0 Å². The molecule has 1 aromatic heterocycles. The van der Waals surface area contributed by atoms with E-state index in [1.807, 2.05) is 26.8 Å². The first-order valence-electron chi connectivity index (χ1n) is 3.83. The largest absolute Gasteiger partial charge is 0.294 e. The normalized spacial score (nSPS) is 11.2. The molecule has 0 saturated carbocycles. The Morgan fingerprint density at radius 3 is 2.58 bits per heavy atom. The van der Waals surface area contributed by atoms with Crippen LogP contribution in [0, 0.1) is 0 Å². The van der Waals surface area contributed by atoms with Gasteiger partial charge in [-0.1, -0.05) is 20.8 Å². The zero-order chi connectivity index (χ0) is 9.19. The van der Waals surface area contributed by atoms with E-state index in [0.717, 1.165) is 5.69 Å². The van der Waals surface area contributed by atoms with Crippen LogP contribution in [0.2, 0.25) is 0 Å². The smallest absolute Gasteiger partial charge is 0.192 e. The van der Waals surface area contributed by atoms with E-state index in [1.165, 1.54) is 0 Å². The minimum absolute atomic E-state index is 0.0271. The molecule has 0 aliphatic heterocycles. The van der Waals surface area contributed by atoms with Gasteiger partial charge in [0, 0.05) is 17.3 Å². The lowest BCUT2D eigenvalue weighted by Gasteiger charge is -2.16. The fourth-order valence-corrected chi connectivity index (χ4v) is 0.848. The predicted molar refractivity (Wildman–Crippen MR) is 46.1 cm³/mol. The molecule has 0 aliphatic carbocycles. The molecule has 0 fully saturated rings. The fourth-order valence-electron chi connectivity index (χ4n) is 0.848. The maximum atomic E-state index is 10.4. The van der Waals surface area contributed by atoms with Crippen molar-refractivity contribution in [1.29, 1.82) is 0 Å². The van der Waals surface area contributed by atoms with Gasteiger partial charge in [0.2, 0.25) is 0 Å². The van der Waals surface area contributed by atoms with Gasteiger partial charge in [0.25, 0.3) is 0 Å². The zero-order valence-corrected chi connectivity index (χ0v) is 7.53. The van der Waals surface area contributed by atoms with E-state index in [0.29, 0.717) is 6.29 Å². The third-order valence-electron chi connectivity index (χ3n) is 1.55. The number of hydrogen-bond donors (Lipinski definition) is 0. The highest BCUT2D eigenvalue weighted by Gasteiger charge is 2.15. The van der Waals surface area contributed by atoms with Crippen molar-refractivity contribution in [2.75, 3.05) is 0 Å². The number of aromatic nitrogens is 2. The summed E-state index contributed by atoms with van der Waals surface area (Å²) in [6.45, 7) is 6.14. The molecule has 0 aliphatic rings. The standard InChI is InChI=1S/C9H12N2O/c1-9(2,3)7-4-5-10-8(6-12)11-7/h4-6H,1-3H3. The van der Waals surface area contributed by atoms with Crippen molar-refractivity contribution >= 4 is 6.29 Å². The number of hydrogen-bond acceptors (Lipinski definition) is 3. The highest BCUT2D eigenvalue weighted by atomic mass is 16.1. The molecule has 0 bridgehead atoms. The third-order valence-corrected chi connectivity index (χ3v) is 1.55. The van der Waals surface area contributed by atoms with Crippen LogP contribution in [0.3, 0.4) is 0 Å². The van der Waals surface area contributed by atoms with Crippen LogP contribution in [0.4, 0.5) is 0 Å². The summed E-state index contributed by atoms with van der Waals surface area (Å²) >= 11 is 0. The van der Waals surface area contributed by atoms with Crippen LogP contribution in [-0.2, 0) is 5.41 Å². The Labute approximate surface area is 71.9 Å². The van der Waals surface area contributed by atoms with Crippen molar-refractivity contribution in [3.63, 3.8) is 0 Å². The average Bonchev–Trinajstić information content (AvgIpc) is 2.03. The first kappa shape index (κ1) is 8.84. The van der Waals surface area contributed by atoms with Gasteiger partial charge in [-0.25, -0.2) is 9.97 Å². The molecule has 1 aromatic rings. The summed E-state index contributed by atoms with van der Waals surface area (Å²) in [7, 11) is 0. The number of rotatable bonds is 1. The van der Waals surface area contributed by atoms with E-state index in [9.17, 15) is 4.79 Å². The SMILES string of the molecule is CC(C)(C)c1ccnc(C=O)n1. The van der Waals surface area contributed by atoms with E-state index in [1.54, 1.807) is 6.20 Å². The number of nitrogens with zero attached hydrogens (tertiary/aromatic N) is 2. The molecule has 0 saturated heterocycles. The van der Waals surface area contributed by atoms with Crippen molar-refractivity contribution in [1.82, 2.24) is 9.97 Å². The molecule has 0 amide bonds. The second kappa shape index (κ2) is 3.01. The molecular formula is C9H12N2O. The molecule has 64 valence electrons. The Hall–Kier alpha value is -1.25. The molecule has 0 radical (unpaired) electrons. The first-order valence-corrected chi connectivity index (χ1v) is 3.83. The molecule has 3 heteroatoms. The van der Waals surface area contributed by atoms with E-state index >= 15 is 0 Å². The third kappa shape index (κ3) is 1.87. The van der Waals surface area contributed by atoms with Crippen LogP contribution < -0.4 is 0 Å². The quantitative estimate of drug-likeness (QED) is 0.592. The van der Waals surface area contributed by atoms with Gasteiger partial charge in [-0.05, 0) is 6.07 Å². The van der Waals surface area contributed by atoms with Crippen LogP contribution >= 0.6 is 0 Å². The Morgan fingerprint density at radius 2 is 2.08 bits per heavy atom. The number of aldehydes is 1. The molecule has 0 atom stereocenters. The van der Waals surface area contributed by atoms with E-state index in [4.69, 9.17) is 0 Å². The molecule has 12 heavy (non-hydrogen) atoms. The summed E-state index contributed by atoms with van der Waals surface area (Å²) in [6.07, 6.45) is 2.27. The van der Waals surface area contributed by atoms with Crippen LogP contribution in [-0.4, -0.2) is 16.3 Å². The average molecular weight is 164 g/mol. The highest BCUT2D eigenvalue weighted by Crippen LogP contribution is 2.18. The zero-order valence-electron chi connectivity index (χ0n) is 7.53. The molecule has 1 rings (SSSR count). The van der Waals surface area contributed by atoms with Gasteiger partial charge >= 0.3 is 0 Å². The van der Waals surface area contributed by atoms with Crippen LogP contribution in [0.25, 0.3) is 0 Å². The fraction of sp³-hybridized carbons (Fsp3) is 0.444. The summed E-state index contributed by atoms with van der Waals surface area (Å²) in [5.41, 5.74) is 0.861. The summed E-state index contributed by atoms with van der Waals surface area (Å²) < 4.78 is 0. The second-order valence-corrected chi connectivity index (χ2v) is 3.67. The first-order chi connectivity index (χ1) is 5.54. The Balaban J connectivity index is 3.10. The summed E-state index contributed by atoms with van der Waals surface area (Å²) in [5, 5.41) is 0. The Bertz CT molecular complexity index is 289. The molecule has 0 spiro atoms. The molecule has 0 unspecified atom stereocenters. The van der Waals surface area contributed by atoms with Gasteiger partial charge in [0.1, 0.15) is 0 Å². The minimum Gasteiger partial charge on any atom is -0.294 e. The topological polar surface area (TPSA) is 42.9 Å². The lowest BCUT2D eigenvalue weighted by Crippen LogP contribution is -2.14. The van der Waals surface area contributed by atoms with Crippen molar-refractivity contribution in [3.05, 3.63) is 23.8 Å². The maximum absolute atomic E-state index is 10.4. The van der Waals surface area contributed by atoms with Crippen molar-refractivity contribution < 1.29 is 4.79 Å². The monoisotopic (exact) mass is 164 g/mol. The predicted octanol–water partition coefficient (Wildman–Crippen LogP) is 1.59. The van der Waals surface area contributed by atoms with Crippen LogP contribution in [0.15, 0.2) is 12.3 Å². The van der Waals surface area contributed by atoms with Gasteiger partial charge in [0.05, 0.1) is 0 Å². The summed E-state index contributed by atoms with van der Waals surface area (Å²) in [4.78, 5) is 18.2. The van der Waals surface area contributed by atoms with Crippen LogP contribution in [0.5, 0.6) is 0 Å². The van der Waals surface area contributed by atoms with Crippen molar-refractivity contribution in [3.8, 4) is 0 Å². The minimum atomic E-state index is -0.0271. The molecular weight excluding hydrogens is 152 g/mol. The number of carbonyl (C=O) groups is 1. The molecule has 0 aromatic carbocycles. The highest BCUT2D eigenvalue weighted by molar-refractivity contribution is 5.68. The molecule has 3 nitrogen and oxygen atoms in total.